The molecule has 6 heteroatoms. The second-order valence-corrected chi connectivity index (χ2v) is 6.02. The van der Waals surface area contributed by atoms with Gasteiger partial charge in [0.25, 0.3) is 0 Å². The van der Waals surface area contributed by atoms with Crippen molar-refractivity contribution < 1.29 is 13.9 Å². The number of para-hydroxylation sites is 1. The number of ether oxygens (including phenoxy) is 1. The summed E-state index contributed by atoms with van der Waals surface area (Å²) in [6.07, 6.45) is 0. The maximum atomic E-state index is 12.3. The number of benzene rings is 2. The smallest absolute Gasteiger partial charge is 0.340 e. The first-order chi connectivity index (χ1) is 11.6. The van der Waals surface area contributed by atoms with Gasteiger partial charge in [-0.2, -0.15) is 0 Å². The SMILES string of the molecule is CNc1ccccc1C(=O)OCc1cc(=O)oc2cc(Br)ccc12. The molecule has 0 bridgehead atoms. The lowest BCUT2D eigenvalue weighted by Crippen LogP contribution is -2.09. The third-order valence-electron chi connectivity index (χ3n) is 3.57. The lowest BCUT2D eigenvalue weighted by Gasteiger charge is -2.10. The van der Waals surface area contributed by atoms with Crippen molar-refractivity contribution in [2.75, 3.05) is 12.4 Å². The molecule has 2 aromatic carbocycles. The van der Waals surface area contributed by atoms with Gasteiger partial charge in [0, 0.05) is 34.2 Å². The second kappa shape index (κ2) is 6.88. The van der Waals surface area contributed by atoms with E-state index >= 15 is 0 Å². The highest BCUT2D eigenvalue weighted by atomic mass is 79.9. The first-order valence-corrected chi connectivity index (χ1v) is 8.04. The summed E-state index contributed by atoms with van der Waals surface area (Å²) in [6, 6.07) is 13.8. The summed E-state index contributed by atoms with van der Waals surface area (Å²) in [5.41, 5.74) is 1.68. The van der Waals surface area contributed by atoms with E-state index < -0.39 is 11.6 Å². The van der Waals surface area contributed by atoms with Crippen LogP contribution in [0.5, 0.6) is 0 Å². The number of hydrogen-bond donors (Lipinski definition) is 1. The number of anilines is 1. The van der Waals surface area contributed by atoms with Crippen molar-refractivity contribution in [3.8, 4) is 0 Å². The van der Waals surface area contributed by atoms with Crippen LogP contribution in [-0.4, -0.2) is 13.0 Å². The highest BCUT2D eigenvalue weighted by Crippen LogP contribution is 2.23. The van der Waals surface area contributed by atoms with Gasteiger partial charge in [-0.3, -0.25) is 0 Å². The normalized spacial score (nSPS) is 10.6. The molecule has 0 radical (unpaired) electrons. The Morgan fingerprint density at radius 2 is 2.00 bits per heavy atom. The topological polar surface area (TPSA) is 68.5 Å². The van der Waals surface area contributed by atoms with Gasteiger partial charge in [-0.15, -0.1) is 0 Å². The average Bonchev–Trinajstić information content (AvgIpc) is 2.58. The van der Waals surface area contributed by atoms with Gasteiger partial charge < -0.3 is 14.5 Å². The van der Waals surface area contributed by atoms with Crippen LogP contribution in [0.25, 0.3) is 11.0 Å². The van der Waals surface area contributed by atoms with Gasteiger partial charge in [-0.1, -0.05) is 28.1 Å². The minimum atomic E-state index is -0.484. The Bertz CT molecular complexity index is 965. The molecule has 0 saturated carbocycles. The summed E-state index contributed by atoms with van der Waals surface area (Å²) in [5, 5.41) is 3.68. The molecule has 0 spiro atoms. The van der Waals surface area contributed by atoms with E-state index in [2.05, 4.69) is 21.2 Å². The fraction of sp³-hybridized carbons (Fsp3) is 0.111. The van der Waals surface area contributed by atoms with E-state index in [-0.39, 0.29) is 6.61 Å². The Morgan fingerprint density at radius 3 is 2.79 bits per heavy atom. The van der Waals surface area contributed by atoms with E-state index in [9.17, 15) is 9.59 Å². The van der Waals surface area contributed by atoms with Crippen molar-refractivity contribution in [3.63, 3.8) is 0 Å². The molecule has 0 amide bonds. The molecule has 1 aromatic heterocycles. The summed E-state index contributed by atoms with van der Waals surface area (Å²) >= 11 is 3.34. The molecule has 0 unspecified atom stereocenters. The second-order valence-electron chi connectivity index (χ2n) is 5.10. The molecule has 0 aliphatic heterocycles. The highest BCUT2D eigenvalue weighted by molar-refractivity contribution is 9.10. The zero-order chi connectivity index (χ0) is 17.1. The number of carbonyl (C=O) groups is 1. The van der Waals surface area contributed by atoms with Crippen molar-refractivity contribution in [2.45, 2.75) is 6.61 Å². The van der Waals surface area contributed by atoms with Crippen LogP contribution in [0.15, 0.2) is 62.2 Å². The minimum absolute atomic E-state index is 0.0133. The minimum Gasteiger partial charge on any atom is -0.457 e. The van der Waals surface area contributed by atoms with Crippen molar-refractivity contribution in [1.82, 2.24) is 0 Å². The van der Waals surface area contributed by atoms with Crippen LogP contribution in [0.2, 0.25) is 0 Å². The van der Waals surface area contributed by atoms with Crippen LogP contribution in [0, 0.1) is 0 Å². The fourth-order valence-electron chi connectivity index (χ4n) is 2.42. The summed E-state index contributed by atoms with van der Waals surface area (Å²) < 4.78 is 11.4. The number of rotatable bonds is 4. The monoisotopic (exact) mass is 387 g/mol. The van der Waals surface area contributed by atoms with E-state index in [0.717, 1.165) is 9.86 Å². The van der Waals surface area contributed by atoms with Gasteiger partial charge in [0.05, 0.1) is 5.56 Å². The van der Waals surface area contributed by atoms with Gasteiger partial charge in [0.2, 0.25) is 0 Å². The molecule has 0 saturated heterocycles. The largest absolute Gasteiger partial charge is 0.457 e. The van der Waals surface area contributed by atoms with Crippen LogP contribution in [0.3, 0.4) is 0 Å². The van der Waals surface area contributed by atoms with Gasteiger partial charge >= 0.3 is 11.6 Å². The molecule has 24 heavy (non-hydrogen) atoms. The summed E-state index contributed by atoms with van der Waals surface area (Å²) in [4.78, 5) is 24.0. The number of halogens is 1. The molecule has 0 aliphatic carbocycles. The number of hydrogen-bond acceptors (Lipinski definition) is 5. The van der Waals surface area contributed by atoms with Gasteiger partial charge in [-0.25, -0.2) is 9.59 Å². The van der Waals surface area contributed by atoms with E-state index in [0.29, 0.717) is 22.4 Å². The third-order valence-corrected chi connectivity index (χ3v) is 4.06. The molecule has 122 valence electrons. The Hall–Kier alpha value is -2.60. The molecular formula is C18H14BrNO4. The van der Waals surface area contributed by atoms with Gasteiger partial charge in [0.1, 0.15) is 12.2 Å². The zero-order valence-electron chi connectivity index (χ0n) is 12.8. The maximum Gasteiger partial charge on any atom is 0.340 e. The highest BCUT2D eigenvalue weighted by Gasteiger charge is 2.13. The van der Waals surface area contributed by atoms with Crippen molar-refractivity contribution >= 4 is 38.6 Å². The predicted molar refractivity (Wildman–Crippen MR) is 95.3 cm³/mol. The Kier molecular flexibility index (Phi) is 4.66. The third kappa shape index (κ3) is 3.33. The zero-order valence-corrected chi connectivity index (χ0v) is 14.4. The average molecular weight is 388 g/mol. The van der Waals surface area contributed by atoms with Crippen molar-refractivity contribution in [3.05, 3.63) is 74.6 Å². The quantitative estimate of drug-likeness (QED) is 0.542. The van der Waals surface area contributed by atoms with Crippen LogP contribution in [0.1, 0.15) is 15.9 Å². The lowest BCUT2D eigenvalue weighted by atomic mass is 10.1. The molecule has 3 aromatic rings. The molecule has 1 N–H and O–H groups in total. The molecule has 1 heterocycles. The standard InChI is InChI=1S/C18H14BrNO4/c1-20-15-5-3-2-4-14(15)18(22)23-10-11-8-17(21)24-16-9-12(19)6-7-13(11)16/h2-9,20H,10H2,1H3. The molecular weight excluding hydrogens is 374 g/mol. The Morgan fingerprint density at radius 1 is 1.21 bits per heavy atom. The maximum absolute atomic E-state index is 12.3. The number of nitrogens with one attached hydrogen (secondary N) is 1. The summed E-state index contributed by atoms with van der Waals surface area (Å²) in [5.74, 6) is -0.460. The molecule has 3 rings (SSSR count). The van der Waals surface area contributed by atoms with Crippen LogP contribution in [-0.2, 0) is 11.3 Å². The Balaban J connectivity index is 1.88. The first kappa shape index (κ1) is 16.3. The van der Waals surface area contributed by atoms with Crippen molar-refractivity contribution in [1.29, 1.82) is 0 Å². The molecule has 0 fully saturated rings. The van der Waals surface area contributed by atoms with E-state index in [1.807, 2.05) is 18.2 Å². The van der Waals surface area contributed by atoms with Crippen molar-refractivity contribution in [2.24, 2.45) is 0 Å². The fourth-order valence-corrected chi connectivity index (χ4v) is 2.76. The summed E-state index contributed by atoms with van der Waals surface area (Å²) in [6.45, 7) is -0.0133. The van der Waals surface area contributed by atoms with Gasteiger partial charge in [-0.05, 0) is 30.3 Å². The number of carbonyl (C=O) groups excluding carboxylic acids is 1. The van der Waals surface area contributed by atoms with E-state index in [4.69, 9.17) is 9.15 Å². The van der Waals surface area contributed by atoms with Crippen LogP contribution >= 0.6 is 15.9 Å². The number of esters is 1. The first-order valence-electron chi connectivity index (χ1n) is 7.24. The van der Waals surface area contributed by atoms with Crippen LogP contribution < -0.4 is 10.9 Å². The molecule has 5 nitrogen and oxygen atoms in total. The lowest BCUT2D eigenvalue weighted by molar-refractivity contribution is 0.0475. The molecule has 0 aliphatic rings. The summed E-state index contributed by atoms with van der Waals surface area (Å²) in [7, 11) is 1.74. The number of fused-ring (bicyclic) bond motifs is 1. The van der Waals surface area contributed by atoms with E-state index in [1.165, 1.54) is 6.07 Å². The molecule has 0 atom stereocenters. The van der Waals surface area contributed by atoms with Gasteiger partial charge in [0.15, 0.2) is 0 Å². The predicted octanol–water partition coefficient (Wildman–Crippen LogP) is 3.95. The Labute approximate surface area is 146 Å². The van der Waals surface area contributed by atoms with Crippen LogP contribution in [0.4, 0.5) is 5.69 Å². The van der Waals surface area contributed by atoms with E-state index in [1.54, 1.807) is 31.3 Å².